The third kappa shape index (κ3) is 3.09. The van der Waals surface area contributed by atoms with E-state index in [-0.39, 0.29) is 24.5 Å². The van der Waals surface area contributed by atoms with E-state index in [0.717, 1.165) is 4.80 Å². The van der Waals surface area contributed by atoms with Gasteiger partial charge in [-0.25, -0.2) is 0 Å². The number of nitro groups is 1. The summed E-state index contributed by atoms with van der Waals surface area (Å²) in [6.45, 7) is 0.0945. The van der Waals surface area contributed by atoms with Crippen molar-refractivity contribution < 1.29 is 14.8 Å². The first-order valence-corrected chi connectivity index (χ1v) is 5.30. The molecule has 0 spiro atoms. The van der Waals surface area contributed by atoms with Crippen LogP contribution >= 0.6 is 0 Å². The Hall–Kier alpha value is -2.84. The second kappa shape index (κ2) is 5.21. The molecule has 1 heterocycles. The highest BCUT2D eigenvalue weighted by Gasteiger charge is 2.11. The maximum atomic E-state index is 10.6. The molecule has 9 heteroatoms. The van der Waals surface area contributed by atoms with Gasteiger partial charge >= 0.3 is 5.97 Å². The van der Waals surface area contributed by atoms with Crippen LogP contribution in [0.5, 0.6) is 0 Å². The molecular formula is C10H9N5O4. The van der Waals surface area contributed by atoms with Gasteiger partial charge in [0.15, 0.2) is 0 Å². The van der Waals surface area contributed by atoms with Crippen LogP contribution in [-0.2, 0) is 11.3 Å². The van der Waals surface area contributed by atoms with Crippen LogP contribution in [0.2, 0.25) is 0 Å². The molecular weight excluding hydrogens is 254 g/mol. The van der Waals surface area contributed by atoms with Crippen molar-refractivity contribution in [1.29, 1.82) is 0 Å². The zero-order valence-electron chi connectivity index (χ0n) is 9.63. The standard InChI is InChI=1S/C10H9N5O4/c16-9(17)4-5-14-12-10(11-13-14)7-2-1-3-8(6-7)15(18)19/h1-3,6H,4-5H2,(H,16,17). The van der Waals surface area contributed by atoms with Crippen LogP contribution in [0.3, 0.4) is 0 Å². The summed E-state index contributed by atoms with van der Waals surface area (Å²) >= 11 is 0. The number of hydrogen-bond acceptors (Lipinski definition) is 6. The second-order valence-electron chi connectivity index (χ2n) is 3.66. The molecule has 0 radical (unpaired) electrons. The van der Waals surface area contributed by atoms with Crippen LogP contribution in [0, 0.1) is 10.1 Å². The topological polar surface area (TPSA) is 124 Å². The number of carboxylic acids is 1. The predicted octanol–water partition coefficient (Wildman–Crippen LogP) is 0.723. The van der Waals surface area contributed by atoms with Crippen molar-refractivity contribution in [2.45, 2.75) is 13.0 Å². The Morgan fingerprint density at radius 2 is 2.26 bits per heavy atom. The van der Waals surface area contributed by atoms with Crippen molar-refractivity contribution >= 4 is 11.7 Å². The third-order valence-corrected chi connectivity index (χ3v) is 2.29. The number of aliphatic carboxylic acids is 1. The molecule has 0 amide bonds. The van der Waals surface area contributed by atoms with Gasteiger partial charge in [-0.05, 0) is 5.21 Å². The largest absolute Gasteiger partial charge is 0.481 e. The fourth-order valence-corrected chi connectivity index (χ4v) is 1.41. The quantitative estimate of drug-likeness (QED) is 0.622. The number of non-ortho nitro benzene ring substituents is 1. The van der Waals surface area contributed by atoms with Gasteiger partial charge in [-0.15, -0.1) is 10.2 Å². The highest BCUT2D eigenvalue weighted by atomic mass is 16.6. The minimum absolute atomic E-state index is 0.0700. The Bertz CT molecular complexity index is 624. The van der Waals surface area contributed by atoms with Crippen molar-refractivity contribution in [3.05, 3.63) is 34.4 Å². The van der Waals surface area contributed by atoms with Gasteiger partial charge in [-0.3, -0.25) is 14.9 Å². The molecule has 0 aliphatic carbocycles. The molecule has 19 heavy (non-hydrogen) atoms. The van der Waals surface area contributed by atoms with Gasteiger partial charge in [0.2, 0.25) is 5.82 Å². The Labute approximate surface area is 106 Å². The zero-order valence-corrected chi connectivity index (χ0v) is 9.63. The molecule has 2 aromatic rings. The summed E-state index contributed by atoms with van der Waals surface area (Å²) in [4.78, 5) is 21.7. The van der Waals surface area contributed by atoms with Gasteiger partial charge < -0.3 is 5.11 Å². The summed E-state index contributed by atoms with van der Waals surface area (Å²) in [7, 11) is 0. The van der Waals surface area contributed by atoms with E-state index in [2.05, 4.69) is 15.4 Å². The molecule has 0 saturated carbocycles. The molecule has 9 nitrogen and oxygen atoms in total. The summed E-state index contributed by atoms with van der Waals surface area (Å²) in [5.41, 5.74) is 0.384. The first-order valence-electron chi connectivity index (χ1n) is 5.30. The number of nitro benzene ring substituents is 1. The Kier molecular flexibility index (Phi) is 3.46. The number of benzene rings is 1. The third-order valence-electron chi connectivity index (χ3n) is 2.29. The fourth-order valence-electron chi connectivity index (χ4n) is 1.41. The second-order valence-corrected chi connectivity index (χ2v) is 3.66. The molecule has 1 aromatic heterocycles. The van der Waals surface area contributed by atoms with Gasteiger partial charge in [0.05, 0.1) is 17.9 Å². The van der Waals surface area contributed by atoms with Gasteiger partial charge in [-0.1, -0.05) is 12.1 Å². The zero-order chi connectivity index (χ0) is 13.8. The van der Waals surface area contributed by atoms with Crippen LogP contribution in [0.1, 0.15) is 6.42 Å². The van der Waals surface area contributed by atoms with Crippen LogP contribution in [0.25, 0.3) is 11.4 Å². The van der Waals surface area contributed by atoms with Crippen molar-refractivity contribution in [2.75, 3.05) is 0 Å². The van der Waals surface area contributed by atoms with Crippen LogP contribution < -0.4 is 0 Å². The molecule has 0 fully saturated rings. The lowest BCUT2D eigenvalue weighted by molar-refractivity contribution is -0.384. The lowest BCUT2D eigenvalue weighted by Crippen LogP contribution is -2.07. The van der Waals surface area contributed by atoms with Gasteiger partial charge in [0.1, 0.15) is 0 Å². The molecule has 0 unspecified atom stereocenters. The smallest absolute Gasteiger partial charge is 0.305 e. The minimum atomic E-state index is -0.964. The minimum Gasteiger partial charge on any atom is -0.481 e. The van der Waals surface area contributed by atoms with E-state index in [9.17, 15) is 14.9 Å². The lowest BCUT2D eigenvalue weighted by atomic mass is 10.2. The summed E-state index contributed by atoms with van der Waals surface area (Å²) in [5.74, 6) is -0.747. The van der Waals surface area contributed by atoms with Gasteiger partial charge in [0, 0.05) is 17.7 Å². The molecule has 0 aliphatic heterocycles. The molecule has 1 N–H and O–H groups in total. The van der Waals surface area contributed by atoms with E-state index >= 15 is 0 Å². The molecule has 98 valence electrons. The summed E-state index contributed by atoms with van der Waals surface area (Å²) in [5, 5.41) is 30.6. The summed E-state index contributed by atoms with van der Waals surface area (Å²) < 4.78 is 0. The molecule has 2 rings (SSSR count). The van der Waals surface area contributed by atoms with Crippen molar-refractivity contribution in [1.82, 2.24) is 20.2 Å². The van der Waals surface area contributed by atoms with Crippen LogP contribution in [-0.4, -0.2) is 36.2 Å². The Balaban J connectivity index is 2.20. The SMILES string of the molecule is O=C(O)CCn1nnc(-c2cccc([N+](=O)[O-])c2)n1. The van der Waals surface area contributed by atoms with Crippen LogP contribution in [0.15, 0.2) is 24.3 Å². The number of carbonyl (C=O) groups is 1. The van der Waals surface area contributed by atoms with Crippen LogP contribution in [0.4, 0.5) is 5.69 Å². The number of aryl methyl sites for hydroxylation is 1. The number of aromatic nitrogens is 4. The highest BCUT2D eigenvalue weighted by molar-refractivity contribution is 5.66. The van der Waals surface area contributed by atoms with E-state index in [4.69, 9.17) is 5.11 Å². The lowest BCUT2D eigenvalue weighted by Gasteiger charge is -1.95. The fraction of sp³-hybridized carbons (Fsp3) is 0.200. The van der Waals surface area contributed by atoms with Crippen molar-refractivity contribution in [3.63, 3.8) is 0 Å². The average molecular weight is 263 g/mol. The molecule has 0 bridgehead atoms. The van der Waals surface area contributed by atoms with E-state index < -0.39 is 10.9 Å². The molecule has 0 atom stereocenters. The number of tetrazole rings is 1. The molecule has 0 saturated heterocycles. The normalized spacial score (nSPS) is 10.3. The van der Waals surface area contributed by atoms with E-state index in [1.165, 1.54) is 18.2 Å². The number of rotatable bonds is 5. The van der Waals surface area contributed by atoms with E-state index in [0.29, 0.717) is 5.56 Å². The maximum Gasteiger partial charge on any atom is 0.305 e. The number of carboxylic acid groups (broad SMARTS) is 1. The van der Waals surface area contributed by atoms with E-state index in [1.54, 1.807) is 6.07 Å². The first kappa shape index (κ1) is 12.6. The molecule has 0 aliphatic rings. The maximum absolute atomic E-state index is 10.6. The first-order chi connectivity index (χ1) is 9.06. The Morgan fingerprint density at radius 1 is 1.47 bits per heavy atom. The predicted molar refractivity (Wildman–Crippen MR) is 62.2 cm³/mol. The van der Waals surface area contributed by atoms with E-state index in [1.807, 2.05) is 0 Å². The molecule has 1 aromatic carbocycles. The van der Waals surface area contributed by atoms with Crippen molar-refractivity contribution in [3.8, 4) is 11.4 Å². The van der Waals surface area contributed by atoms with Gasteiger partial charge in [0.25, 0.3) is 5.69 Å². The number of hydrogen-bond donors (Lipinski definition) is 1. The average Bonchev–Trinajstić information content (AvgIpc) is 2.85. The summed E-state index contributed by atoms with van der Waals surface area (Å²) in [6, 6.07) is 5.83. The summed E-state index contributed by atoms with van der Waals surface area (Å²) in [6.07, 6.45) is -0.120. The Morgan fingerprint density at radius 3 is 2.95 bits per heavy atom. The number of nitrogens with zero attached hydrogens (tertiary/aromatic N) is 5. The van der Waals surface area contributed by atoms with Gasteiger partial charge in [-0.2, -0.15) is 4.80 Å². The van der Waals surface area contributed by atoms with Crippen molar-refractivity contribution in [2.24, 2.45) is 0 Å². The highest BCUT2D eigenvalue weighted by Crippen LogP contribution is 2.19. The monoisotopic (exact) mass is 263 g/mol.